The minimum atomic E-state index is -0.645. The molecule has 2 N–H and O–H groups in total. The summed E-state index contributed by atoms with van der Waals surface area (Å²) in [6.07, 6.45) is 0. The summed E-state index contributed by atoms with van der Waals surface area (Å²) in [4.78, 5) is 11.0. The Morgan fingerprint density at radius 2 is 1.38 bits per heavy atom. The van der Waals surface area contributed by atoms with Crippen molar-refractivity contribution in [2.24, 2.45) is 0 Å². The van der Waals surface area contributed by atoms with E-state index in [1.807, 2.05) is 50.2 Å². The van der Waals surface area contributed by atoms with Gasteiger partial charge in [-0.25, -0.2) is 0 Å². The first-order valence-electron chi connectivity index (χ1n) is 7.55. The fourth-order valence-electron chi connectivity index (χ4n) is 2.25. The lowest BCUT2D eigenvalue weighted by molar-refractivity contribution is -0.420. The zero-order chi connectivity index (χ0) is 19.3. The van der Waals surface area contributed by atoms with E-state index < -0.39 is 15.1 Å². The quantitative estimate of drug-likeness (QED) is 0.339. The van der Waals surface area contributed by atoms with Gasteiger partial charge in [-0.1, -0.05) is 59.1 Å². The number of allylic oxidation sites excluding steroid dienone is 1. The fraction of sp³-hybridized carbons (Fsp3) is 0.111. The van der Waals surface area contributed by atoms with Gasteiger partial charge in [-0.05, 0) is 49.2 Å². The lowest BCUT2D eigenvalue weighted by atomic mass is 10.2. The van der Waals surface area contributed by atoms with Gasteiger partial charge in [0.2, 0.25) is 0 Å². The van der Waals surface area contributed by atoms with Gasteiger partial charge in [0.05, 0.1) is 4.92 Å². The molecule has 0 amide bonds. The number of nitrogens with zero attached hydrogens (tertiary/aromatic N) is 1. The van der Waals surface area contributed by atoms with Crippen molar-refractivity contribution in [1.29, 1.82) is 0 Å². The number of aryl methyl sites for hydroxylation is 2. The summed E-state index contributed by atoms with van der Waals surface area (Å²) in [6, 6.07) is 14.7. The van der Waals surface area contributed by atoms with Gasteiger partial charge in [-0.15, -0.1) is 0 Å². The lowest BCUT2D eigenvalue weighted by Gasteiger charge is -2.15. The Bertz CT molecular complexity index is 841. The van der Waals surface area contributed by atoms with Crippen LogP contribution in [0.2, 0.25) is 0 Å². The Labute approximate surface area is 166 Å². The summed E-state index contributed by atoms with van der Waals surface area (Å²) >= 11 is 17.4. The van der Waals surface area contributed by atoms with E-state index >= 15 is 0 Å². The molecular formula is C18H16Cl3N3O2. The van der Waals surface area contributed by atoms with Crippen LogP contribution in [0, 0.1) is 24.0 Å². The van der Waals surface area contributed by atoms with Gasteiger partial charge >= 0.3 is 5.70 Å². The highest BCUT2D eigenvalue weighted by molar-refractivity contribution is 6.59. The number of hydrogen-bond acceptors (Lipinski definition) is 4. The summed E-state index contributed by atoms with van der Waals surface area (Å²) in [5.74, 6) is 0.0509. The molecule has 0 spiro atoms. The fourth-order valence-corrected chi connectivity index (χ4v) is 2.60. The molecule has 0 saturated heterocycles. The Hall–Kier alpha value is -2.21. The van der Waals surface area contributed by atoms with Crippen LogP contribution in [0.1, 0.15) is 11.1 Å². The van der Waals surface area contributed by atoms with Crippen molar-refractivity contribution in [2.75, 3.05) is 10.6 Å². The maximum Gasteiger partial charge on any atom is 0.330 e. The van der Waals surface area contributed by atoms with Crippen LogP contribution in [-0.2, 0) is 0 Å². The van der Waals surface area contributed by atoms with Crippen molar-refractivity contribution in [2.45, 2.75) is 13.8 Å². The molecule has 0 bridgehead atoms. The monoisotopic (exact) mass is 411 g/mol. The molecule has 0 atom stereocenters. The number of halogens is 3. The van der Waals surface area contributed by atoms with E-state index in [-0.39, 0.29) is 10.9 Å². The van der Waals surface area contributed by atoms with E-state index in [0.29, 0.717) is 11.4 Å². The van der Waals surface area contributed by atoms with Gasteiger partial charge in [0, 0.05) is 11.4 Å². The van der Waals surface area contributed by atoms with E-state index in [1.165, 1.54) is 0 Å². The molecule has 8 heteroatoms. The van der Waals surface area contributed by atoms with E-state index in [0.717, 1.165) is 11.1 Å². The van der Waals surface area contributed by atoms with Gasteiger partial charge < -0.3 is 10.6 Å². The predicted molar refractivity (Wildman–Crippen MR) is 108 cm³/mol. The number of nitro groups is 1. The molecule has 26 heavy (non-hydrogen) atoms. The summed E-state index contributed by atoms with van der Waals surface area (Å²) in [5, 5.41) is 17.3. The van der Waals surface area contributed by atoms with E-state index in [9.17, 15) is 10.1 Å². The highest BCUT2D eigenvalue weighted by Crippen LogP contribution is 2.29. The Morgan fingerprint density at radius 3 is 1.73 bits per heavy atom. The Morgan fingerprint density at radius 1 is 0.923 bits per heavy atom. The SMILES string of the molecule is Cc1cccc(NC(Nc2cccc(C)c2)=C(C(Cl)=C(Cl)Cl)[N+](=O)[O-])c1. The van der Waals surface area contributed by atoms with Gasteiger partial charge in [0.15, 0.2) is 10.9 Å². The normalized spacial score (nSPS) is 10.0. The van der Waals surface area contributed by atoms with E-state index in [1.54, 1.807) is 12.1 Å². The molecule has 5 nitrogen and oxygen atoms in total. The van der Waals surface area contributed by atoms with Crippen molar-refractivity contribution in [3.05, 3.63) is 90.8 Å². The highest BCUT2D eigenvalue weighted by atomic mass is 35.5. The Balaban J connectivity index is 2.57. The molecule has 0 heterocycles. The summed E-state index contributed by atoms with van der Waals surface area (Å²) in [6.45, 7) is 3.83. The molecule has 0 aliphatic heterocycles. The second-order valence-corrected chi connectivity index (χ2v) is 6.87. The molecule has 0 aliphatic rings. The molecular weight excluding hydrogens is 397 g/mol. The first-order valence-corrected chi connectivity index (χ1v) is 8.68. The molecule has 2 aromatic carbocycles. The van der Waals surface area contributed by atoms with Gasteiger partial charge in [0.25, 0.3) is 0 Å². The number of hydrogen-bond donors (Lipinski definition) is 2. The van der Waals surface area contributed by atoms with Gasteiger partial charge in [0.1, 0.15) is 4.49 Å². The van der Waals surface area contributed by atoms with Crippen LogP contribution in [0.15, 0.2) is 69.6 Å². The summed E-state index contributed by atoms with van der Waals surface area (Å²) < 4.78 is -0.395. The van der Waals surface area contributed by atoms with Crippen LogP contribution in [0.5, 0.6) is 0 Å². The number of anilines is 2. The van der Waals surface area contributed by atoms with Crippen LogP contribution < -0.4 is 10.6 Å². The maximum atomic E-state index is 11.6. The van der Waals surface area contributed by atoms with Gasteiger partial charge in [-0.2, -0.15) is 0 Å². The third kappa shape index (κ3) is 5.39. The minimum Gasteiger partial charge on any atom is -0.336 e. The number of nitrogens with one attached hydrogen (secondary N) is 2. The molecule has 0 radical (unpaired) electrons. The first-order chi connectivity index (χ1) is 12.3. The standard InChI is InChI=1S/C18H16Cl3N3O2/c1-11-5-3-7-13(9-11)22-18(16(24(25)26)15(19)17(20)21)23-14-8-4-6-12(2)10-14/h3-10,22-23H,1-2H3. The molecule has 0 aliphatic carbocycles. The third-order valence-corrected chi connectivity index (χ3v) is 4.31. The topological polar surface area (TPSA) is 67.2 Å². The summed E-state index contributed by atoms with van der Waals surface area (Å²) in [7, 11) is 0. The average Bonchev–Trinajstić information content (AvgIpc) is 2.54. The van der Waals surface area contributed by atoms with Crippen LogP contribution in [-0.4, -0.2) is 4.92 Å². The zero-order valence-corrected chi connectivity index (χ0v) is 16.3. The predicted octanol–water partition coefficient (Wildman–Crippen LogP) is 6.16. The first kappa shape index (κ1) is 20.1. The van der Waals surface area contributed by atoms with Crippen LogP contribution in [0.4, 0.5) is 11.4 Å². The molecule has 2 aromatic rings. The summed E-state index contributed by atoms with van der Waals surface area (Å²) in [5.41, 5.74) is 2.81. The maximum absolute atomic E-state index is 11.6. The van der Waals surface area contributed by atoms with E-state index in [2.05, 4.69) is 10.6 Å². The highest BCUT2D eigenvalue weighted by Gasteiger charge is 2.26. The Kier molecular flexibility index (Phi) is 6.91. The molecule has 136 valence electrons. The smallest absolute Gasteiger partial charge is 0.330 e. The van der Waals surface area contributed by atoms with Crippen molar-refractivity contribution in [3.63, 3.8) is 0 Å². The molecule has 0 saturated carbocycles. The van der Waals surface area contributed by atoms with Gasteiger partial charge in [-0.3, -0.25) is 10.1 Å². The second-order valence-electron chi connectivity index (χ2n) is 5.54. The van der Waals surface area contributed by atoms with Crippen molar-refractivity contribution in [1.82, 2.24) is 0 Å². The number of benzene rings is 2. The third-order valence-electron chi connectivity index (χ3n) is 3.37. The van der Waals surface area contributed by atoms with Crippen molar-refractivity contribution >= 4 is 46.2 Å². The van der Waals surface area contributed by atoms with Crippen molar-refractivity contribution < 1.29 is 4.92 Å². The van der Waals surface area contributed by atoms with Crippen LogP contribution in [0.3, 0.4) is 0 Å². The lowest BCUT2D eigenvalue weighted by Crippen LogP contribution is -2.17. The largest absolute Gasteiger partial charge is 0.336 e. The minimum absolute atomic E-state index is 0.0509. The van der Waals surface area contributed by atoms with Crippen molar-refractivity contribution in [3.8, 4) is 0 Å². The van der Waals surface area contributed by atoms with Crippen LogP contribution >= 0.6 is 34.8 Å². The van der Waals surface area contributed by atoms with E-state index in [4.69, 9.17) is 34.8 Å². The number of rotatable bonds is 6. The molecule has 0 aromatic heterocycles. The second kappa shape index (κ2) is 8.94. The molecule has 2 rings (SSSR count). The average molecular weight is 413 g/mol. The van der Waals surface area contributed by atoms with Crippen LogP contribution in [0.25, 0.3) is 0 Å². The molecule has 0 fully saturated rings. The zero-order valence-electron chi connectivity index (χ0n) is 14.0. The molecule has 0 unspecified atom stereocenters.